The van der Waals surface area contributed by atoms with Crippen LogP contribution in [0.3, 0.4) is 0 Å². The molecule has 0 fully saturated rings. The molecule has 1 atom stereocenters. The number of nitrogens with two attached hydrogens (primary N) is 2. The summed E-state index contributed by atoms with van der Waals surface area (Å²) in [6.07, 6.45) is 0.786. The van der Waals surface area contributed by atoms with Crippen molar-refractivity contribution < 1.29 is 4.79 Å². The number of hydrogen-bond acceptors (Lipinski definition) is 2. The highest BCUT2D eigenvalue weighted by molar-refractivity contribution is 5.87. The van der Waals surface area contributed by atoms with E-state index < -0.39 is 6.03 Å². The Hall–Kier alpha value is -1.55. The van der Waals surface area contributed by atoms with Gasteiger partial charge in [-0.2, -0.15) is 0 Å². The third kappa shape index (κ3) is 3.45. The summed E-state index contributed by atoms with van der Waals surface area (Å²) in [6.45, 7) is 1.94. The van der Waals surface area contributed by atoms with Crippen molar-refractivity contribution in [1.29, 1.82) is 0 Å². The fourth-order valence-electron chi connectivity index (χ4n) is 1.29. The summed E-state index contributed by atoms with van der Waals surface area (Å²) in [5.74, 6) is 0. The summed E-state index contributed by atoms with van der Waals surface area (Å²) in [7, 11) is 0. The predicted molar refractivity (Wildman–Crippen MR) is 57.0 cm³/mol. The average Bonchev–Trinajstić information content (AvgIpc) is 2.01. The van der Waals surface area contributed by atoms with Crippen LogP contribution in [0.5, 0.6) is 0 Å². The molecule has 0 aliphatic rings. The maximum absolute atomic E-state index is 10.6. The van der Waals surface area contributed by atoms with Crippen LogP contribution in [0.25, 0.3) is 0 Å². The number of nitrogens with one attached hydrogen (secondary N) is 1. The number of amides is 2. The first-order valence-corrected chi connectivity index (χ1v) is 4.49. The number of anilines is 1. The van der Waals surface area contributed by atoms with Crippen molar-refractivity contribution in [2.24, 2.45) is 11.5 Å². The third-order valence-electron chi connectivity index (χ3n) is 1.75. The number of rotatable bonds is 3. The Bertz CT molecular complexity index is 323. The standard InChI is InChI=1S/C10H15N3O/c1-7(11)5-8-3-2-4-9(6-8)13-10(12)14/h2-4,6-7H,5,11H2,1H3,(H3,12,13,14). The van der Waals surface area contributed by atoms with E-state index in [2.05, 4.69) is 5.32 Å². The molecule has 1 rings (SSSR count). The summed E-state index contributed by atoms with van der Waals surface area (Å²) in [6, 6.07) is 7.05. The zero-order valence-electron chi connectivity index (χ0n) is 8.16. The molecule has 0 aromatic heterocycles. The van der Waals surface area contributed by atoms with Crippen molar-refractivity contribution in [3.8, 4) is 0 Å². The first-order chi connectivity index (χ1) is 6.58. The minimum atomic E-state index is -0.553. The van der Waals surface area contributed by atoms with Gasteiger partial charge in [-0.3, -0.25) is 0 Å². The number of carbonyl (C=O) groups excluding carboxylic acids is 1. The van der Waals surface area contributed by atoms with Crippen LogP contribution in [0.2, 0.25) is 0 Å². The van der Waals surface area contributed by atoms with Crippen LogP contribution in [0.15, 0.2) is 24.3 Å². The molecule has 4 heteroatoms. The van der Waals surface area contributed by atoms with Gasteiger partial charge in [0.2, 0.25) is 0 Å². The van der Waals surface area contributed by atoms with Crippen molar-refractivity contribution in [2.75, 3.05) is 5.32 Å². The number of carbonyl (C=O) groups is 1. The van der Waals surface area contributed by atoms with Crippen molar-refractivity contribution in [2.45, 2.75) is 19.4 Å². The van der Waals surface area contributed by atoms with Gasteiger partial charge in [0.25, 0.3) is 0 Å². The van der Waals surface area contributed by atoms with E-state index in [1.807, 2.05) is 25.1 Å². The van der Waals surface area contributed by atoms with Gasteiger partial charge in [-0.05, 0) is 31.0 Å². The van der Waals surface area contributed by atoms with Gasteiger partial charge < -0.3 is 16.8 Å². The molecule has 4 nitrogen and oxygen atoms in total. The van der Waals surface area contributed by atoms with E-state index in [-0.39, 0.29) is 6.04 Å². The average molecular weight is 193 g/mol. The van der Waals surface area contributed by atoms with Crippen LogP contribution in [-0.2, 0) is 6.42 Å². The Morgan fingerprint density at radius 1 is 1.57 bits per heavy atom. The molecule has 1 aromatic carbocycles. The summed E-state index contributed by atoms with van der Waals surface area (Å²) in [4.78, 5) is 10.6. The molecule has 2 amide bonds. The van der Waals surface area contributed by atoms with E-state index in [4.69, 9.17) is 11.5 Å². The SMILES string of the molecule is CC(N)Cc1cccc(NC(N)=O)c1. The second-order valence-corrected chi connectivity index (χ2v) is 3.37. The lowest BCUT2D eigenvalue weighted by Crippen LogP contribution is -2.20. The molecular formula is C10H15N3O. The van der Waals surface area contributed by atoms with Crippen LogP contribution in [0.1, 0.15) is 12.5 Å². The minimum Gasteiger partial charge on any atom is -0.351 e. The Balaban J connectivity index is 2.73. The van der Waals surface area contributed by atoms with Crippen LogP contribution in [0.4, 0.5) is 10.5 Å². The molecule has 1 aromatic rings. The molecule has 0 spiro atoms. The first kappa shape index (κ1) is 10.5. The van der Waals surface area contributed by atoms with Crippen molar-refractivity contribution >= 4 is 11.7 Å². The van der Waals surface area contributed by atoms with Gasteiger partial charge in [-0.15, -0.1) is 0 Å². The van der Waals surface area contributed by atoms with Crippen LogP contribution < -0.4 is 16.8 Å². The van der Waals surface area contributed by atoms with E-state index in [9.17, 15) is 4.79 Å². The summed E-state index contributed by atoms with van der Waals surface area (Å²) in [5.41, 5.74) is 12.5. The lowest BCUT2D eigenvalue weighted by molar-refractivity contribution is 0.259. The molecule has 5 N–H and O–H groups in total. The molecule has 1 unspecified atom stereocenters. The predicted octanol–water partition coefficient (Wildman–Crippen LogP) is 1.07. The molecule has 0 saturated heterocycles. The number of primary amides is 1. The van der Waals surface area contributed by atoms with E-state index in [0.717, 1.165) is 12.0 Å². The van der Waals surface area contributed by atoms with Gasteiger partial charge in [-0.1, -0.05) is 12.1 Å². The normalized spacial score (nSPS) is 12.1. The maximum atomic E-state index is 10.6. The Morgan fingerprint density at radius 2 is 2.29 bits per heavy atom. The molecule has 14 heavy (non-hydrogen) atoms. The van der Waals surface area contributed by atoms with Crippen LogP contribution in [0, 0.1) is 0 Å². The second kappa shape index (κ2) is 4.62. The van der Waals surface area contributed by atoms with Gasteiger partial charge >= 0.3 is 6.03 Å². The summed E-state index contributed by atoms with van der Waals surface area (Å²) < 4.78 is 0. The van der Waals surface area contributed by atoms with E-state index in [1.165, 1.54) is 0 Å². The summed E-state index contributed by atoms with van der Waals surface area (Å²) >= 11 is 0. The number of hydrogen-bond donors (Lipinski definition) is 3. The maximum Gasteiger partial charge on any atom is 0.316 e. The molecule has 0 saturated carbocycles. The fourth-order valence-corrected chi connectivity index (χ4v) is 1.29. The van der Waals surface area contributed by atoms with E-state index >= 15 is 0 Å². The van der Waals surface area contributed by atoms with Crippen molar-refractivity contribution in [1.82, 2.24) is 0 Å². The molecule has 0 aliphatic carbocycles. The first-order valence-electron chi connectivity index (χ1n) is 4.49. The van der Waals surface area contributed by atoms with Crippen LogP contribution in [-0.4, -0.2) is 12.1 Å². The van der Waals surface area contributed by atoms with E-state index in [0.29, 0.717) is 5.69 Å². The molecule has 0 radical (unpaired) electrons. The number of urea groups is 1. The highest BCUT2D eigenvalue weighted by Crippen LogP contribution is 2.11. The van der Waals surface area contributed by atoms with Crippen molar-refractivity contribution in [3.05, 3.63) is 29.8 Å². The Morgan fingerprint density at radius 3 is 2.86 bits per heavy atom. The topological polar surface area (TPSA) is 81.1 Å². The van der Waals surface area contributed by atoms with Crippen LogP contribution >= 0.6 is 0 Å². The molecule has 0 bridgehead atoms. The minimum absolute atomic E-state index is 0.110. The van der Waals surface area contributed by atoms with Gasteiger partial charge in [0.15, 0.2) is 0 Å². The molecule has 76 valence electrons. The largest absolute Gasteiger partial charge is 0.351 e. The van der Waals surface area contributed by atoms with Crippen molar-refractivity contribution in [3.63, 3.8) is 0 Å². The van der Waals surface area contributed by atoms with Gasteiger partial charge in [-0.25, -0.2) is 4.79 Å². The summed E-state index contributed by atoms with van der Waals surface area (Å²) in [5, 5.41) is 2.52. The fraction of sp³-hybridized carbons (Fsp3) is 0.300. The smallest absolute Gasteiger partial charge is 0.316 e. The van der Waals surface area contributed by atoms with E-state index in [1.54, 1.807) is 6.07 Å². The Kier molecular flexibility index (Phi) is 3.48. The molecular weight excluding hydrogens is 178 g/mol. The zero-order chi connectivity index (χ0) is 10.6. The molecule has 0 heterocycles. The highest BCUT2D eigenvalue weighted by Gasteiger charge is 2.00. The zero-order valence-corrected chi connectivity index (χ0v) is 8.16. The van der Waals surface area contributed by atoms with Gasteiger partial charge in [0, 0.05) is 11.7 Å². The quantitative estimate of drug-likeness (QED) is 0.671. The number of benzene rings is 1. The third-order valence-corrected chi connectivity index (χ3v) is 1.75. The highest BCUT2D eigenvalue weighted by atomic mass is 16.2. The molecule has 0 aliphatic heterocycles. The van der Waals surface area contributed by atoms with Gasteiger partial charge in [0.1, 0.15) is 0 Å². The monoisotopic (exact) mass is 193 g/mol. The lowest BCUT2D eigenvalue weighted by Gasteiger charge is -2.07. The Labute approximate surface area is 83.3 Å². The van der Waals surface area contributed by atoms with Gasteiger partial charge in [0.05, 0.1) is 0 Å². The second-order valence-electron chi connectivity index (χ2n) is 3.37. The lowest BCUT2D eigenvalue weighted by atomic mass is 10.1.